The van der Waals surface area contributed by atoms with Crippen LogP contribution in [-0.2, 0) is 0 Å². The fourth-order valence-corrected chi connectivity index (χ4v) is 2.46. The second kappa shape index (κ2) is 4.86. The first-order valence-corrected chi connectivity index (χ1v) is 6.70. The van der Waals surface area contributed by atoms with Crippen molar-refractivity contribution in [2.45, 2.75) is 18.7 Å². The van der Waals surface area contributed by atoms with E-state index in [0.29, 0.717) is 11.3 Å². The molecule has 0 aliphatic carbocycles. The first-order chi connectivity index (χ1) is 8.56. The first-order valence-electron chi connectivity index (χ1n) is 5.47. The van der Waals surface area contributed by atoms with Crippen LogP contribution in [0.25, 0.3) is 5.69 Å². The van der Waals surface area contributed by atoms with Gasteiger partial charge in [0.05, 0.1) is 23.3 Å². The number of aromatic nitrogens is 2. The Balaban J connectivity index is 2.71. The molecule has 0 bridgehead atoms. The number of hydrogen-bond acceptors (Lipinski definition) is 3. The summed E-state index contributed by atoms with van der Waals surface area (Å²) >= 11 is 1.43. The summed E-state index contributed by atoms with van der Waals surface area (Å²) in [5.41, 5.74) is 2.84. The van der Waals surface area contributed by atoms with Gasteiger partial charge in [-0.2, -0.15) is 0 Å². The van der Waals surface area contributed by atoms with Gasteiger partial charge in [-0.3, -0.25) is 0 Å². The summed E-state index contributed by atoms with van der Waals surface area (Å²) < 4.78 is 1.82. The van der Waals surface area contributed by atoms with Crippen molar-refractivity contribution in [1.29, 1.82) is 0 Å². The molecule has 1 aromatic heterocycles. The lowest BCUT2D eigenvalue weighted by Gasteiger charge is -2.12. The highest BCUT2D eigenvalue weighted by molar-refractivity contribution is 7.98. The van der Waals surface area contributed by atoms with E-state index in [2.05, 4.69) is 4.98 Å². The molecule has 94 valence electrons. The summed E-state index contributed by atoms with van der Waals surface area (Å²) in [6.45, 7) is 3.84. The van der Waals surface area contributed by atoms with Gasteiger partial charge in [0.1, 0.15) is 0 Å². The van der Waals surface area contributed by atoms with Gasteiger partial charge in [0.15, 0.2) is 0 Å². The highest BCUT2D eigenvalue weighted by Gasteiger charge is 2.17. The minimum atomic E-state index is -0.916. The molecular weight excluding hydrogens is 248 g/mol. The van der Waals surface area contributed by atoms with Gasteiger partial charge in [-0.15, -0.1) is 11.8 Å². The number of nitrogens with zero attached hydrogens (tertiary/aromatic N) is 2. The van der Waals surface area contributed by atoms with Crippen molar-refractivity contribution in [3.8, 4) is 5.69 Å². The second-order valence-electron chi connectivity index (χ2n) is 3.94. The maximum Gasteiger partial charge on any atom is 0.338 e. The summed E-state index contributed by atoms with van der Waals surface area (Å²) in [5.74, 6) is -0.916. The highest BCUT2D eigenvalue weighted by Crippen LogP contribution is 2.27. The maximum atomic E-state index is 11.4. The van der Waals surface area contributed by atoms with E-state index >= 15 is 0 Å². The summed E-state index contributed by atoms with van der Waals surface area (Å²) in [4.78, 5) is 16.4. The molecule has 0 spiro atoms. The van der Waals surface area contributed by atoms with Crippen LogP contribution < -0.4 is 0 Å². The lowest BCUT2D eigenvalue weighted by atomic mass is 10.1. The highest BCUT2D eigenvalue weighted by atomic mass is 32.2. The van der Waals surface area contributed by atoms with E-state index < -0.39 is 5.97 Å². The molecule has 0 saturated carbocycles. The Morgan fingerprint density at radius 1 is 1.39 bits per heavy atom. The summed E-state index contributed by atoms with van der Waals surface area (Å²) in [5, 5.41) is 9.39. The molecule has 0 aliphatic rings. The molecule has 1 heterocycles. The first kappa shape index (κ1) is 12.7. The van der Waals surface area contributed by atoms with Crippen LogP contribution in [0.2, 0.25) is 0 Å². The van der Waals surface area contributed by atoms with Crippen molar-refractivity contribution in [3.63, 3.8) is 0 Å². The van der Waals surface area contributed by atoms with Crippen molar-refractivity contribution in [1.82, 2.24) is 9.55 Å². The monoisotopic (exact) mass is 262 g/mol. The number of carboxylic acids is 1. The minimum absolute atomic E-state index is 0.325. The number of carbonyl (C=O) groups is 1. The SMILES string of the molecule is CSc1cccc(-n2cnc(C)c2C)c1C(=O)O. The van der Waals surface area contributed by atoms with Crippen molar-refractivity contribution >= 4 is 17.7 Å². The van der Waals surface area contributed by atoms with Crippen molar-refractivity contribution in [3.05, 3.63) is 41.5 Å². The number of benzene rings is 1. The molecule has 0 fully saturated rings. The molecule has 2 rings (SSSR count). The number of rotatable bonds is 3. The molecule has 1 N–H and O–H groups in total. The molecule has 0 atom stereocenters. The van der Waals surface area contributed by atoms with Gasteiger partial charge in [0.25, 0.3) is 0 Å². The number of aromatic carboxylic acids is 1. The van der Waals surface area contributed by atoms with Crippen LogP contribution in [0, 0.1) is 13.8 Å². The van der Waals surface area contributed by atoms with E-state index in [1.54, 1.807) is 12.4 Å². The predicted octanol–water partition coefficient (Wildman–Crippen LogP) is 2.91. The van der Waals surface area contributed by atoms with Crippen LogP contribution in [0.15, 0.2) is 29.4 Å². The van der Waals surface area contributed by atoms with Crippen LogP contribution in [0.3, 0.4) is 0 Å². The molecule has 0 radical (unpaired) electrons. The van der Waals surface area contributed by atoms with Crippen LogP contribution in [0.1, 0.15) is 21.7 Å². The lowest BCUT2D eigenvalue weighted by molar-refractivity contribution is 0.0693. The standard InChI is InChI=1S/C13H14N2O2S/c1-8-9(2)15(7-14-8)10-5-4-6-11(18-3)12(10)13(16)17/h4-7H,1-3H3,(H,16,17). The molecule has 18 heavy (non-hydrogen) atoms. The zero-order valence-electron chi connectivity index (χ0n) is 10.5. The second-order valence-corrected chi connectivity index (χ2v) is 4.79. The molecule has 0 unspecified atom stereocenters. The Kier molecular flexibility index (Phi) is 3.43. The number of thioether (sulfide) groups is 1. The Bertz CT molecular complexity index is 605. The maximum absolute atomic E-state index is 11.4. The molecule has 1 aromatic carbocycles. The fourth-order valence-electron chi connectivity index (χ4n) is 1.85. The van der Waals surface area contributed by atoms with Gasteiger partial charge in [-0.25, -0.2) is 9.78 Å². The van der Waals surface area contributed by atoms with Gasteiger partial charge in [0.2, 0.25) is 0 Å². The molecule has 4 nitrogen and oxygen atoms in total. The number of hydrogen-bond donors (Lipinski definition) is 1. The molecular formula is C13H14N2O2S. The quantitative estimate of drug-likeness (QED) is 0.864. The Morgan fingerprint density at radius 2 is 2.11 bits per heavy atom. The predicted molar refractivity (Wildman–Crippen MR) is 71.8 cm³/mol. The van der Waals surface area contributed by atoms with Crippen LogP contribution in [0.5, 0.6) is 0 Å². The van der Waals surface area contributed by atoms with Crippen LogP contribution >= 0.6 is 11.8 Å². The molecule has 0 saturated heterocycles. The normalized spacial score (nSPS) is 10.6. The topological polar surface area (TPSA) is 55.1 Å². The third kappa shape index (κ3) is 2.01. The average Bonchev–Trinajstić information content (AvgIpc) is 2.69. The Morgan fingerprint density at radius 3 is 2.61 bits per heavy atom. The lowest BCUT2D eigenvalue weighted by Crippen LogP contribution is -2.07. The summed E-state index contributed by atoms with van der Waals surface area (Å²) in [7, 11) is 0. The van der Waals surface area contributed by atoms with Gasteiger partial charge < -0.3 is 9.67 Å². The van der Waals surface area contributed by atoms with E-state index in [9.17, 15) is 9.90 Å². The fraction of sp³-hybridized carbons (Fsp3) is 0.231. The number of carboxylic acid groups (broad SMARTS) is 1. The molecule has 2 aromatic rings. The van der Waals surface area contributed by atoms with Gasteiger partial charge in [0, 0.05) is 10.6 Å². The van der Waals surface area contributed by atoms with Gasteiger partial charge in [-0.1, -0.05) is 6.07 Å². The van der Waals surface area contributed by atoms with E-state index in [1.165, 1.54) is 11.8 Å². The average molecular weight is 262 g/mol. The Hall–Kier alpha value is -1.75. The van der Waals surface area contributed by atoms with Crippen molar-refractivity contribution < 1.29 is 9.90 Å². The van der Waals surface area contributed by atoms with Gasteiger partial charge >= 0.3 is 5.97 Å². The number of aryl methyl sites for hydroxylation is 1. The van der Waals surface area contributed by atoms with E-state index in [1.807, 2.05) is 36.8 Å². The van der Waals surface area contributed by atoms with Crippen molar-refractivity contribution in [2.24, 2.45) is 0 Å². The third-order valence-corrected chi connectivity index (χ3v) is 3.73. The van der Waals surface area contributed by atoms with Crippen molar-refractivity contribution in [2.75, 3.05) is 6.26 Å². The molecule has 0 amide bonds. The zero-order valence-corrected chi connectivity index (χ0v) is 11.3. The van der Waals surface area contributed by atoms with E-state index in [-0.39, 0.29) is 0 Å². The third-order valence-electron chi connectivity index (χ3n) is 2.95. The van der Waals surface area contributed by atoms with E-state index in [0.717, 1.165) is 16.3 Å². The summed E-state index contributed by atoms with van der Waals surface area (Å²) in [6, 6.07) is 5.48. The number of imidazole rings is 1. The van der Waals surface area contributed by atoms with E-state index in [4.69, 9.17) is 0 Å². The Labute approximate surface area is 110 Å². The molecule has 0 aliphatic heterocycles. The minimum Gasteiger partial charge on any atom is -0.478 e. The van der Waals surface area contributed by atoms with Gasteiger partial charge in [-0.05, 0) is 32.2 Å². The smallest absolute Gasteiger partial charge is 0.338 e. The zero-order chi connectivity index (χ0) is 13.3. The van der Waals surface area contributed by atoms with Crippen LogP contribution in [0.4, 0.5) is 0 Å². The summed E-state index contributed by atoms with van der Waals surface area (Å²) in [6.07, 6.45) is 3.54. The largest absolute Gasteiger partial charge is 0.478 e. The van der Waals surface area contributed by atoms with Crippen LogP contribution in [-0.4, -0.2) is 26.9 Å². The molecule has 5 heteroatoms.